The molecule has 0 aromatic heterocycles. The molecule has 0 radical (unpaired) electrons. The van der Waals surface area contributed by atoms with E-state index in [0.29, 0.717) is 0 Å². The molecule has 0 bridgehead atoms. The summed E-state index contributed by atoms with van der Waals surface area (Å²) >= 11 is 0. The number of fused-ring (bicyclic) bond motifs is 9. The van der Waals surface area contributed by atoms with E-state index >= 15 is 0 Å². The lowest BCUT2D eigenvalue weighted by molar-refractivity contribution is 0.753. The number of hydrogen-bond acceptors (Lipinski definition) is 2. The van der Waals surface area contributed by atoms with Crippen molar-refractivity contribution in [2.45, 2.75) is 25.2 Å². The first-order chi connectivity index (χ1) is 30.7. The molecule has 0 saturated carbocycles. The summed E-state index contributed by atoms with van der Waals surface area (Å²) in [6.07, 6.45) is 15.2. The predicted octanol–water partition coefficient (Wildman–Crippen LogP) is 16.0. The van der Waals surface area contributed by atoms with E-state index < -0.39 is 5.41 Å². The van der Waals surface area contributed by atoms with Gasteiger partial charge in [0.25, 0.3) is 0 Å². The fourth-order valence-electron chi connectivity index (χ4n) is 10.1. The van der Waals surface area contributed by atoms with E-state index in [1.54, 1.807) is 0 Å². The first kappa shape index (κ1) is 37.3. The van der Waals surface area contributed by atoms with E-state index in [1.165, 1.54) is 78.3 Å². The van der Waals surface area contributed by atoms with Crippen LogP contribution in [0.2, 0.25) is 0 Å². The van der Waals surface area contributed by atoms with Crippen LogP contribution in [0.15, 0.2) is 248 Å². The quantitative estimate of drug-likeness (QED) is 0.151. The van der Waals surface area contributed by atoms with Crippen LogP contribution in [0.5, 0.6) is 0 Å². The summed E-state index contributed by atoms with van der Waals surface area (Å²) in [5.74, 6) is 0. The molecular formula is C60H46N2. The summed E-state index contributed by atoms with van der Waals surface area (Å²) in [7, 11) is 0. The van der Waals surface area contributed by atoms with Gasteiger partial charge in [-0.25, -0.2) is 0 Å². The molecule has 0 atom stereocenters. The number of benzene rings is 8. The Labute approximate surface area is 365 Å². The summed E-state index contributed by atoms with van der Waals surface area (Å²) in [6, 6.07) is 74.0. The van der Waals surface area contributed by atoms with Gasteiger partial charge in [0.1, 0.15) is 0 Å². The second-order valence-electron chi connectivity index (χ2n) is 16.3. The molecule has 2 nitrogen and oxygen atoms in total. The number of hydrogen-bond donors (Lipinski definition) is 0. The van der Waals surface area contributed by atoms with Gasteiger partial charge in [0.2, 0.25) is 0 Å². The van der Waals surface area contributed by atoms with E-state index in [2.05, 4.69) is 253 Å². The molecule has 62 heavy (non-hydrogen) atoms. The SMILES string of the molecule is CC/C=C\C(=C1\C=CC=CC1)N(c1ccccc1)c1ccc(N2c3ccccc3C3(c4cc(-c5ccccc5)ccc4-c4ccc(-c5ccccc5)cc43)c3ccccc32)cc1. The summed E-state index contributed by atoms with van der Waals surface area (Å²) in [5, 5.41) is 0. The average Bonchev–Trinajstić information content (AvgIpc) is 3.63. The van der Waals surface area contributed by atoms with E-state index in [0.717, 1.165) is 29.9 Å². The average molecular weight is 795 g/mol. The van der Waals surface area contributed by atoms with Crippen molar-refractivity contribution < 1.29 is 0 Å². The van der Waals surface area contributed by atoms with Crippen LogP contribution in [0.1, 0.15) is 42.0 Å². The molecule has 3 aliphatic rings. The molecule has 11 rings (SSSR count). The molecule has 2 heteroatoms. The molecule has 0 N–H and O–H groups in total. The maximum atomic E-state index is 2.48. The van der Waals surface area contributed by atoms with Gasteiger partial charge in [0.05, 0.1) is 16.8 Å². The molecule has 1 aliphatic heterocycles. The molecule has 0 unspecified atom stereocenters. The highest BCUT2D eigenvalue weighted by atomic mass is 15.2. The zero-order valence-corrected chi connectivity index (χ0v) is 34.8. The van der Waals surface area contributed by atoms with Gasteiger partial charge < -0.3 is 9.80 Å². The Morgan fingerprint density at radius 3 is 1.56 bits per heavy atom. The maximum Gasteiger partial charge on any atom is 0.0754 e. The summed E-state index contributed by atoms with van der Waals surface area (Å²) in [4.78, 5) is 4.89. The van der Waals surface area contributed by atoms with E-state index in [-0.39, 0.29) is 0 Å². The summed E-state index contributed by atoms with van der Waals surface area (Å²) in [6.45, 7) is 2.20. The van der Waals surface area contributed by atoms with Crippen LogP contribution < -0.4 is 9.80 Å². The van der Waals surface area contributed by atoms with Crippen LogP contribution in [-0.2, 0) is 5.41 Å². The second-order valence-corrected chi connectivity index (χ2v) is 16.3. The highest BCUT2D eigenvalue weighted by Crippen LogP contribution is 2.64. The summed E-state index contributed by atoms with van der Waals surface area (Å²) < 4.78 is 0. The maximum absolute atomic E-state index is 2.48. The Morgan fingerprint density at radius 1 is 0.516 bits per heavy atom. The minimum Gasteiger partial charge on any atom is -0.310 e. The molecule has 8 aromatic carbocycles. The number of nitrogens with zero attached hydrogens (tertiary/aromatic N) is 2. The van der Waals surface area contributed by atoms with Crippen molar-refractivity contribution in [2.24, 2.45) is 0 Å². The van der Waals surface area contributed by atoms with Crippen molar-refractivity contribution >= 4 is 28.4 Å². The Bertz CT molecular complexity index is 2920. The van der Waals surface area contributed by atoms with Gasteiger partial charge in [-0.05, 0) is 141 Å². The molecule has 8 aromatic rings. The van der Waals surface area contributed by atoms with Crippen molar-refractivity contribution in [1.29, 1.82) is 0 Å². The fourth-order valence-corrected chi connectivity index (χ4v) is 10.1. The van der Waals surface area contributed by atoms with Crippen LogP contribution in [0.3, 0.4) is 0 Å². The number of anilines is 5. The molecular weight excluding hydrogens is 749 g/mol. The Balaban J connectivity index is 1.11. The Hall–Kier alpha value is -7.68. The van der Waals surface area contributed by atoms with Gasteiger partial charge in [0, 0.05) is 22.8 Å². The van der Waals surface area contributed by atoms with Crippen LogP contribution in [0.25, 0.3) is 33.4 Å². The zero-order valence-electron chi connectivity index (χ0n) is 34.8. The molecule has 0 fully saturated rings. The van der Waals surface area contributed by atoms with E-state index in [9.17, 15) is 0 Å². The number of allylic oxidation sites excluding steroid dienone is 7. The van der Waals surface area contributed by atoms with Crippen molar-refractivity contribution in [2.75, 3.05) is 9.80 Å². The molecule has 1 spiro atoms. The molecule has 296 valence electrons. The molecule has 0 amide bonds. The van der Waals surface area contributed by atoms with Crippen LogP contribution >= 0.6 is 0 Å². The highest BCUT2D eigenvalue weighted by molar-refractivity contribution is 5.97. The van der Waals surface area contributed by atoms with Crippen LogP contribution in [-0.4, -0.2) is 0 Å². The molecule has 2 aliphatic carbocycles. The summed E-state index contributed by atoms with van der Waals surface area (Å²) in [5.41, 5.74) is 20.3. The van der Waals surface area contributed by atoms with Crippen molar-refractivity contribution in [3.05, 3.63) is 270 Å². The lowest BCUT2D eigenvalue weighted by Crippen LogP contribution is -2.36. The smallest absolute Gasteiger partial charge is 0.0754 e. The Kier molecular flexibility index (Phi) is 9.47. The van der Waals surface area contributed by atoms with Gasteiger partial charge in [-0.1, -0.05) is 177 Å². The topological polar surface area (TPSA) is 6.48 Å². The van der Waals surface area contributed by atoms with Crippen LogP contribution in [0, 0.1) is 0 Å². The van der Waals surface area contributed by atoms with E-state index in [1.807, 2.05) is 0 Å². The number of rotatable bonds is 8. The second kappa shape index (κ2) is 15.7. The Morgan fingerprint density at radius 2 is 1.03 bits per heavy atom. The van der Waals surface area contributed by atoms with Gasteiger partial charge in [0.15, 0.2) is 0 Å². The predicted molar refractivity (Wildman–Crippen MR) is 261 cm³/mol. The van der Waals surface area contributed by atoms with Crippen molar-refractivity contribution in [3.8, 4) is 33.4 Å². The molecule has 1 heterocycles. The largest absolute Gasteiger partial charge is 0.310 e. The third kappa shape index (κ3) is 6.10. The standard InChI is InChI=1S/C60H46N2/c1-2-3-30-57(45-24-12-6-13-25-45)61(48-26-14-7-15-27-48)49-35-37-50(38-36-49)62-58-31-18-16-28-53(58)60(54-29-17-19-32-59(54)62)55-41-46(43-20-8-4-9-21-43)33-39-51(55)52-40-34-47(42-56(52)60)44-22-10-5-11-23-44/h3-24,26-42H,2,25H2,1H3/b30-3-,57-45+. The lowest BCUT2D eigenvalue weighted by atomic mass is 9.64. The number of para-hydroxylation sites is 3. The van der Waals surface area contributed by atoms with Gasteiger partial charge in [-0.2, -0.15) is 0 Å². The fraction of sp³-hybridized carbons (Fsp3) is 0.0667. The normalized spacial score (nSPS) is 15.0. The monoisotopic (exact) mass is 794 g/mol. The minimum absolute atomic E-state index is 0.567. The first-order valence-electron chi connectivity index (χ1n) is 21.8. The molecule has 0 saturated heterocycles. The van der Waals surface area contributed by atoms with Crippen molar-refractivity contribution in [1.82, 2.24) is 0 Å². The third-order valence-electron chi connectivity index (χ3n) is 12.8. The van der Waals surface area contributed by atoms with Crippen LogP contribution in [0.4, 0.5) is 28.4 Å². The van der Waals surface area contributed by atoms with Gasteiger partial charge >= 0.3 is 0 Å². The lowest BCUT2D eigenvalue weighted by Gasteiger charge is -2.45. The van der Waals surface area contributed by atoms with Gasteiger partial charge in [-0.15, -0.1) is 0 Å². The minimum atomic E-state index is -0.567. The van der Waals surface area contributed by atoms with Gasteiger partial charge in [-0.3, -0.25) is 0 Å². The van der Waals surface area contributed by atoms with E-state index in [4.69, 9.17) is 0 Å². The third-order valence-corrected chi connectivity index (χ3v) is 12.8. The zero-order chi connectivity index (χ0) is 41.5. The highest BCUT2D eigenvalue weighted by Gasteiger charge is 2.52. The van der Waals surface area contributed by atoms with Crippen molar-refractivity contribution in [3.63, 3.8) is 0 Å². The first-order valence-corrected chi connectivity index (χ1v) is 21.8.